The molecule has 0 saturated heterocycles. The molecule has 0 fully saturated rings. The normalized spacial score (nSPS) is 10.9. The van der Waals surface area contributed by atoms with Crippen molar-refractivity contribution in [2.75, 3.05) is 0 Å². The molecular weight excluding hydrogens is 437 g/mol. The number of fused-ring (bicyclic) bond motifs is 1. The lowest BCUT2D eigenvalue weighted by Gasteiger charge is -2.12. The van der Waals surface area contributed by atoms with Crippen molar-refractivity contribution in [1.29, 1.82) is 0 Å². The van der Waals surface area contributed by atoms with E-state index in [4.69, 9.17) is 9.97 Å². The Morgan fingerprint density at radius 1 is 0.714 bits per heavy atom. The molecule has 0 spiro atoms. The van der Waals surface area contributed by atoms with E-state index in [2.05, 4.69) is 48.6 Å². The summed E-state index contributed by atoms with van der Waals surface area (Å²) in [5.74, 6) is -0.528. The minimum absolute atomic E-state index is 0.225. The lowest BCUT2D eigenvalue weighted by atomic mass is 10.0. The summed E-state index contributed by atoms with van der Waals surface area (Å²) >= 11 is 0. The molecule has 5 rings (SSSR count). The predicted molar refractivity (Wildman–Crippen MR) is 137 cm³/mol. The zero-order chi connectivity index (χ0) is 24.4. The summed E-state index contributed by atoms with van der Waals surface area (Å²) in [5, 5.41) is 2.88. The van der Waals surface area contributed by atoms with Crippen LogP contribution in [0.5, 0.6) is 0 Å². The minimum atomic E-state index is -0.303. The number of carbonyl (C=O) groups excluding carboxylic acids is 1. The van der Waals surface area contributed by atoms with Gasteiger partial charge in [0.25, 0.3) is 5.91 Å². The topological polar surface area (TPSA) is 54.9 Å². The maximum atomic E-state index is 13.1. The SMILES string of the molecule is Cc1ccc(-c2nc3ccc(C(=O)NCc4ccc(F)cc4)cc3nc2-c2ccc(C)cc2)cc1. The highest BCUT2D eigenvalue weighted by Crippen LogP contribution is 2.31. The first-order valence-electron chi connectivity index (χ1n) is 11.4. The van der Waals surface area contributed by atoms with Gasteiger partial charge in [0, 0.05) is 23.2 Å². The Hall–Kier alpha value is -4.38. The number of nitrogens with one attached hydrogen (secondary N) is 1. The van der Waals surface area contributed by atoms with Crippen LogP contribution in [0.4, 0.5) is 4.39 Å². The van der Waals surface area contributed by atoms with E-state index in [9.17, 15) is 9.18 Å². The van der Waals surface area contributed by atoms with Gasteiger partial charge < -0.3 is 5.32 Å². The van der Waals surface area contributed by atoms with Gasteiger partial charge in [-0.15, -0.1) is 0 Å². The van der Waals surface area contributed by atoms with Crippen LogP contribution in [0.3, 0.4) is 0 Å². The fourth-order valence-electron chi connectivity index (χ4n) is 3.91. The van der Waals surface area contributed by atoms with Gasteiger partial charge in [-0.2, -0.15) is 0 Å². The largest absolute Gasteiger partial charge is 0.348 e. The van der Waals surface area contributed by atoms with Crippen molar-refractivity contribution in [2.24, 2.45) is 0 Å². The standard InChI is InChI=1S/C30H24FN3O/c1-19-3-9-22(10-4-19)28-29(23-11-5-20(2)6-12-23)34-27-17-24(13-16-26(27)33-28)30(35)32-18-21-7-14-25(31)15-8-21/h3-17H,18H2,1-2H3,(H,32,35). The Balaban J connectivity index is 1.52. The van der Waals surface area contributed by atoms with Crippen LogP contribution >= 0.6 is 0 Å². The zero-order valence-electron chi connectivity index (χ0n) is 19.5. The highest BCUT2D eigenvalue weighted by Gasteiger charge is 2.15. The Kier molecular flexibility index (Phi) is 6.06. The molecule has 0 saturated carbocycles. The second-order valence-corrected chi connectivity index (χ2v) is 8.67. The molecule has 0 radical (unpaired) electrons. The molecule has 35 heavy (non-hydrogen) atoms. The van der Waals surface area contributed by atoms with Crippen LogP contribution in [0.15, 0.2) is 91.0 Å². The van der Waals surface area contributed by atoms with Crippen molar-refractivity contribution >= 4 is 16.9 Å². The number of hydrogen-bond donors (Lipinski definition) is 1. The van der Waals surface area contributed by atoms with E-state index in [0.29, 0.717) is 23.1 Å². The molecule has 1 aromatic heterocycles. The molecule has 0 aliphatic carbocycles. The third-order valence-electron chi connectivity index (χ3n) is 5.94. The molecule has 4 aromatic carbocycles. The molecule has 1 heterocycles. The summed E-state index contributed by atoms with van der Waals surface area (Å²) in [6, 6.07) is 27.8. The lowest BCUT2D eigenvalue weighted by Crippen LogP contribution is -2.22. The molecule has 0 aliphatic heterocycles. The van der Waals surface area contributed by atoms with Crippen LogP contribution in [0.1, 0.15) is 27.0 Å². The van der Waals surface area contributed by atoms with E-state index in [1.165, 1.54) is 23.3 Å². The van der Waals surface area contributed by atoms with E-state index >= 15 is 0 Å². The highest BCUT2D eigenvalue weighted by molar-refractivity contribution is 5.98. The van der Waals surface area contributed by atoms with Crippen molar-refractivity contribution in [3.05, 3.63) is 119 Å². The molecule has 0 bridgehead atoms. The van der Waals surface area contributed by atoms with E-state index < -0.39 is 0 Å². The number of nitrogens with zero attached hydrogens (tertiary/aromatic N) is 2. The van der Waals surface area contributed by atoms with E-state index in [-0.39, 0.29) is 11.7 Å². The number of halogens is 1. The number of aryl methyl sites for hydroxylation is 2. The van der Waals surface area contributed by atoms with Gasteiger partial charge >= 0.3 is 0 Å². The van der Waals surface area contributed by atoms with E-state index in [1.54, 1.807) is 24.3 Å². The van der Waals surface area contributed by atoms with Crippen molar-refractivity contribution in [2.45, 2.75) is 20.4 Å². The summed E-state index contributed by atoms with van der Waals surface area (Å²) in [5.41, 5.74) is 8.54. The van der Waals surface area contributed by atoms with Crippen LogP contribution in [0.2, 0.25) is 0 Å². The summed E-state index contributed by atoms with van der Waals surface area (Å²) in [4.78, 5) is 22.7. The maximum absolute atomic E-state index is 13.1. The second-order valence-electron chi connectivity index (χ2n) is 8.67. The number of hydrogen-bond acceptors (Lipinski definition) is 3. The van der Waals surface area contributed by atoms with Gasteiger partial charge in [0.05, 0.1) is 22.4 Å². The van der Waals surface area contributed by atoms with Crippen LogP contribution in [-0.4, -0.2) is 15.9 Å². The monoisotopic (exact) mass is 461 g/mol. The van der Waals surface area contributed by atoms with Gasteiger partial charge in [-0.25, -0.2) is 14.4 Å². The molecule has 0 aliphatic rings. The molecule has 1 amide bonds. The number of amides is 1. The smallest absolute Gasteiger partial charge is 0.251 e. The van der Waals surface area contributed by atoms with Gasteiger partial charge in [0.2, 0.25) is 0 Å². The fraction of sp³-hybridized carbons (Fsp3) is 0.100. The Labute approximate surface area is 203 Å². The van der Waals surface area contributed by atoms with Gasteiger partial charge in [-0.3, -0.25) is 4.79 Å². The molecule has 0 atom stereocenters. The van der Waals surface area contributed by atoms with Gasteiger partial charge in [0.15, 0.2) is 0 Å². The molecule has 5 aromatic rings. The average molecular weight is 462 g/mol. The van der Waals surface area contributed by atoms with E-state index in [1.807, 2.05) is 25.1 Å². The number of benzene rings is 4. The second kappa shape index (κ2) is 9.47. The summed E-state index contributed by atoms with van der Waals surface area (Å²) in [6.07, 6.45) is 0. The number of aromatic nitrogens is 2. The Morgan fingerprint density at radius 3 is 1.83 bits per heavy atom. The molecular formula is C30H24FN3O. The van der Waals surface area contributed by atoms with Gasteiger partial charge in [-0.1, -0.05) is 71.8 Å². The molecule has 4 nitrogen and oxygen atoms in total. The predicted octanol–water partition coefficient (Wildman–Crippen LogP) is 6.65. The zero-order valence-corrected chi connectivity index (χ0v) is 19.5. The Morgan fingerprint density at radius 2 is 1.26 bits per heavy atom. The quantitative estimate of drug-likeness (QED) is 0.319. The maximum Gasteiger partial charge on any atom is 0.251 e. The Bertz CT molecular complexity index is 1510. The molecule has 172 valence electrons. The summed E-state index contributed by atoms with van der Waals surface area (Å²) in [6.45, 7) is 4.41. The van der Waals surface area contributed by atoms with Crippen LogP contribution < -0.4 is 5.32 Å². The van der Waals surface area contributed by atoms with Crippen molar-refractivity contribution in [3.63, 3.8) is 0 Å². The van der Waals surface area contributed by atoms with Crippen LogP contribution in [0, 0.1) is 19.7 Å². The van der Waals surface area contributed by atoms with Crippen molar-refractivity contribution in [1.82, 2.24) is 15.3 Å². The first-order chi connectivity index (χ1) is 17.0. The number of carbonyl (C=O) groups is 1. The third-order valence-corrected chi connectivity index (χ3v) is 5.94. The molecule has 1 N–H and O–H groups in total. The summed E-state index contributed by atoms with van der Waals surface area (Å²) < 4.78 is 13.1. The fourth-order valence-corrected chi connectivity index (χ4v) is 3.91. The number of rotatable bonds is 5. The van der Waals surface area contributed by atoms with Gasteiger partial charge in [0.1, 0.15) is 5.82 Å². The van der Waals surface area contributed by atoms with Crippen LogP contribution in [-0.2, 0) is 6.54 Å². The third kappa shape index (κ3) is 4.94. The average Bonchev–Trinajstić information content (AvgIpc) is 2.88. The van der Waals surface area contributed by atoms with E-state index in [0.717, 1.165) is 28.1 Å². The first kappa shape index (κ1) is 22.4. The van der Waals surface area contributed by atoms with Crippen molar-refractivity contribution in [3.8, 4) is 22.5 Å². The van der Waals surface area contributed by atoms with Gasteiger partial charge in [-0.05, 0) is 49.7 Å². The lowest BCUT2D eigenvalue weighted by molar-refractivity contribution is 0.0951. The minimum Gasteiger partial charge on any atom is -0.348 e. The summed E-state index contributed by atoms with van der Waals surface area (Å²) in [7, 11) is 0. The first-order valence-corrected chi connectivity index (χ1v) is 11.4. The molecule has 5 heteroatoms. The van der Waals surface area contributed by atoms with Crippen molar-refractivity contribution < 1.29 is 9.18 Å². The van der Waals surface area contributed by atoms with Crippen LogP contribution in [0.25, 0.3) is 33.5 Å². The highest BCUT2D eigenvalue weighted by atomic mass is 19.1. The molecule has 0 unspecified atom stereocenters.